The third-order valence-electron chi connectivity index (χ3n) is 1.88. The zero-order chi connectivity index (χ0) is 13.3. The Labute approximate surface area is 107 Å². The maximum Gasteiger partial charge on any atom is 0.233 e. The van der Waals surface area contributed by atoms with E-state index in [4.69, 9.17) is 17.3 Å². The van der Waals surface area contributed by atoms with Crippen molar-refractivity contribution in [2.45, 2.75) is 20.8 Å². The molecule has 0 aliphatic carbocycles. The van der Waals surface area contributed by atoms with E-state index in [1.165, 1.54) is 6.07 Å². The lowest BCUT2D eigenvalue weighted by Gasteiger charge is -2.19. The van der Waals surface area contributed by atoms with Crippen molar-refractivity contribution in [1.82, 2.24) is 0 Å². The average Bonchev–Trinajstić information content (AvgIpc) is 2.06. The summed E-state index contributed by atoms with van der Waals surface area (Å²) >= 11 is 5.89. The molecule has 17 heavy (non-hydrogen) atoms. The Morgan fingerprint density at radius 1 is 1.35 bits per heavy atom. The summed E-state index contributed by atoms with van der Waals surface area (Å²) in [6.45, 7) is 5.56. The maximum absolute atomic E-state index is 11.9. The van der Waals surface area contributed by atoms with Gasteiger partial charge in [0.2, 0.25) is 10.0 Å². The Morgan fingerprint density at radius 3 is 2.47 bits per heavy atom. The number of hydrogen-bond donors (Lipinski definition) is 2. The van der Waals surface area contributed by atoms with Crippen LogP contribution in [0.1, 0.15) is 20.8 Å². The van der Waals surface area contributed by atoms with E-state index in [0.29, 0.717) is 16.4 Å². The van der Waals surface area contributed by atoms with Crippen LogP contribution < -0.4 is 10.5 Å². The van der Waals surface area contributed by atoms with E-state index in [1.54, 1.807) is 12.1 Å². The van der Waals surface area contributed by atoms with E-state index in [2.05, 4.69) is 4.72 Å². The first-order valence-corrected chi connectivity index (χ1v) is 7.18. The van der Waals surface area contributed by atoms with E-state index in [-0.39, 0.29) is 11.2 Å². The molecule has 1 rings (SSSR count). The first kappa shape index (κ1) is 14.1. The molecule has 0 aromatic heterocycles. The number of halogens is 1. The van der Waals surface area contributed by atoms with Gasteiger partial charge in [0, 0.05) is 5.69 Å². The predicted molar refractivity (Wildman–Crippen MR) is 72.7 cm³/mol. The van der Waals surface area contributed by atoms with Crippen molar-refractivity contribution < 1.29 is 8.42 Å². The highest BCUT2D eigenvalue weighted by Gasteiger charge is 2.22. The van der Waals surface area contributed by atoms with E-state index >= 15 is 0 Å². The minimum absolute atomic E-state index is 0.0190. The molecule has 0 saturated carbocycles. The average molecular weight is 277 g/mol. The van der Waals surface area contributed by atoms with Gasteiger partial charge in [-0.25, -0.2) is 8.42 Å². The number of sulfonamides is 1. The first-order chi connectivity index (χ1) is 7.59. The summed E-state index contributed by atoms with van der Waals surface area (Å²) in [5.41, 5.74) is 6.04. The summed E-state index contributed by atoms with van der Waals surface area (Å²) in [4.78, 5) is 0. The molecule has 1 aromatic carbocycles. The van der Waals surface area contributed by atoms with Crippen LogP contribution in [0, 0.1) is 5.41 Å². The van der Waals surface area contributed by atoms with Gasteiger partial charge in [-0.3, -0.25) is 4.72 Å². The molecule has 0 saturated heterocycles. The number of benzene rings is 1. The van der Waals surface area contributed by atoms with Gasteiger partial charge in [-0.2, -0.15) is 0 Å². The van der Waals surface area contributed by atoms with Crippen LogP contribution >= 0.6 is 11.6 Å². The van der Waals surface area contributed by atoms with Crippen LogP contribution in [0.25, 0.3) is 0 Å². The summed E-state index contributed by atoms with van der Waals surface area (Å²) in [5.74, 6) is 0.0190. The molecular weight excluding hydrogens is 260 g/mol. The SMILES string of the molecule is CC(C)(C)CS(=O)(=O)Nc1cc(N)ccc1Cl. The molecule has 0 atom stereocenters. The van der Waals surface area contributed by atoms with Crippen molar-refractivity contribution in [1.29, 1.82) is 0 Å². The Bertz CT molecular complexity index is 507. The first-order valence-electron chi connectivity index (χ1n) is 5.15. The molecule has 4 nitrogen and oxygen atoms in total. The fourth-order valence-corrected chi connectivity index (χ4v) is 3.33. The van der Waals surface area contributed by atoms with Crippen LogP contribution in [0.15, 0.2) is 18.2 Å². The molecule has 0 spiro atoms. The van der Waals surface area contributed by atoms with Gasteiger partial charge in [-0.15, -0.1) is 0 Å². The Hall–Kier alpha value is -0.940. The smallest absolute Gasteiger partial charge is 0.233 e. The van der Waals surface area contributed by atoms with Crippen LogP contribution in [0.4, 0.5) is 11.4 Å². The molecule has 96 valence electrons. The van der Waals surface area contributed by atoms with Crippen LogP contribution in [0.3, 0.4) is 0 Å². The monoisotopic (exact) mass is 276 g/mol. The number of nitrogens with two attached hydrogens (primary N) is 1. The molecule has 0 fully saturated rings. The molecule has 0 bridgehead atoms. The third-order valence-corrected chi connectivity index (χ3v) is 3.99. The zero-order valence-electron chi connectivity index (χ0n) is 10.1. The minimum Gasteiger partial charge on any atom is -0.399 e. The third kappa shape index (κ3) is 4.83. The lowest BCUT2D eigenvalue weighted by atomic mass is 10.0. The van der Waals surface area contributed by atoms with Crippen LogP contribution in [0.2, 0.25) is 5.02 Å². The van der Waals surface area contributed by atoms with E-state index in [0.717, 1.165) is 0 Å². The lowest BCUT2D eigenvalue weighted by molar-refractivity contribution is 0.463. The number of anilines is 2. The summed E-state index contributed by atoms with van der Waals surface area (Å²) in [6, 6.07) is 4.68. The molecule has 6 heteroatoms. The molecule has 0 amide bonds. The highest BCUT2D eigenvalue weighted by molar-refractivity contribution is 7.92. The Balaban J connectivity index is 2.94. The highest BCUT2D eigenvalue weighted by Crippen LogP contribution is 2.26. The summed E-state index contributed by atoms with van der Waals surface area (Å²) in [6.07, 6.45) is 0. The molecule has 0 aliphatic heterocycles. The Kier molecular flexibility index (Phi) is 3.94. The standard InChI is InChI=1S/C11H17ClN2O2S/c1-11(2,3)7-17(15,16)14-10-6-8(13)4-5-9(10)12/h4-6,14H,7,13H2,1-3H3. The second-order valence-corrected chi connectivity index (χ2v) is 7.29. The summed E-state index contributed by atoms with van der Waals surface area (Å²) in [7, 11) is -3.42. The second-order valence-electron chi connectivity index (χ2n) is 5.16. The molecule has 0 aliphatic rings. The fourth-order valence-electron chi connectivity index (χ4n) is 1.39. The van der Waals surface area contributed by atoms with Gasteiger partial charge in [0.1, 0.15) is 0 Å². The fraction of sp³-hybridized carbons (Fsp3) is 0.455. The lowest BCUT2D eigenvalue weighted by Crippen LogP contribution is -2.26. The molecule has 1 aromatic rings. The van der Waals surface area contributed by atoms with Crippen molar-refractivity contribution in [3.63, 3.8) is 0 Å². The number of rotatable bonds is 3. The van der Waals surface area contributed by atoms with E-state index in [9.17, 15) is 8.42 Å². The van der Waals surface area contributed by atoms with Crippen molar-refractivity contribution in [2.24, 2.45) is 5.41 Å². The predicted octanol–water partition coefficient (Wildman–Crippen LogP) is 2.71. The van der Waals surface area contributed by atoms with E-state index in [1.807, 2.05) is 20.8 Å². The van der Waals surface area contributed by atoms with Crippen molar-refractivity contribution in [3.05, 3.63) is 23.2 Å². The largest absolute Gasteiger partial charge is 0.399 e. The van der Waals surface area contributed by atoms with Crippen LogP contribution in [0.5, 0.6) is 0 Å². The minimum atomic E-state index is -3.42. The van der Waals surface area contributed by atoms with Crippen molar-refractivity contribution in [3.8, 4) is 0 Å². The van der Waals surface area contributed by atoms with Gasteiger partial charge >= 0.3 is 0 Å². The quantitative estimate of drug-likeness (QED) is 0.834. The number of nitrogen functional groups attached to an aromatic ring is 1. The summed E-state index contributed by atoms with van der Waals surface area (Å²) in [5, 5.41) is 0.330. The van der Waals surface area contributed by atoms with Gasteiger partial charge in [-0.05, 0) is 23.6 Å². The molecule has 3 N–H and O–H groups in total. The second kappa shape index (κ2) is 4.74. The highest BCUT2D eigenvalue weighted by atomic mass is 35.5. The zero-order valence-corrected chi connectivity index (χ0v) is 11.7. The van der Waals surface area contributed by atoms with Gasteiger partial charge in [-0.1, -0.05) is 32.4 Å². The number of nitrogens with one attached hydrogen (secondary N) is 1. The van der Waals surface area contributed by atoms with E-state index < -0.39 is 10.0 Å². The molecule has 0 unspecified atom stereocenters. The van der Waals surface area contributed by atoms with Crippen molar-refractivity contribution >= 4 is 33.0 Å². The van der Waals surface area contributed by atoms with Gasteiger partial charge in [0.15, 0.2) is 0 Å². The Morgan fingerprint density at radius 2 is 1.94 bits per heavy atom. The topological polar surface area (TPSA) is 72.2 Å². The summed E-state index contributed by atoms with van der Waals surface area (Å²) < 4.78 is 26.2. The van der Waals surface area contributed by atoms with Crippen LogP contribution in [-0.4, -0.2) is 14.2 Å². The van der Waals surface area contributed by atoms with Gasteiger partial charge < -0.3 is 5.73 Å². The van der Waals surface area contributed by atoms with Crippen LogP contribution in [-0.2, 0) is 10.0 Å². The maximum atomic E-state index is 11.9. The molecular formula is C11H17ClN2O2S. The molecule has 0 radical (unpaired) electrons. The van der Waals surface area contributed by atoms with Gasteiger partial charge in [0.05, 0.1) is 16.5 Å². The van der Waals surface area contributed by atoms with Gasteiger partial charge in [0.25, 0.3) is 0 Å². The normalized spacial score (nSPS) is 12.5. The van der Waals surface area contributed by atoms with Crippen molar-refractivity contribution in [2.75, 3.05) is 16.2 Å². The molecule has 0 heterocycles. The number of hydrogen-bond acceptors (Lipinski definition) is 3.